The fraction of sp³-hybridized carbons (Fsp3) is 0.333. The van der Waals surface area contributed by atoms with E-state index < -0.39 is 6.23 Å². The molecule has 0 aliphatic carbocycles. The first-order chi connectivity index (χ1) is 15.4. The predicted octanol–water partition coefficient (Wildman–Crippen LogP) is 6.15. The van der Waals surface area contributed by atoms with Crippen molar-refractivity contribution in [2.45, 2.75) is 51.9 Å². The van der Waals surface area contributed by atoms with Crippen LogP contribution in [0.15, 0.2) is 41.6 Å². The van der Waals surface area contributed by atoms with Crippen LogP contribution in [0.4, 0.5) is 5.69 Å². The van der Waals surface area contributed by atoms with Crippen LogP contribution in [0.2, 0.25) is 5.02 Å². The second kappa shape index (κ2) is 9.46. The number of aryl methyl sites for hydroxylation is 2. The molecule has 0 saturated heterocycles. The number of thioether (sulfide) groups is 1. The van der Waals surface area contributed by atoms with Crippen LogP contribution in [0.3, 0.4) is 0 Å². The van der Waals surface area contributed by atoms with Gasteiger partial charge in [-0.15, -0.1) is 10.2 Å². The lowest BCUT2D eigenvalue weighted by Crippen LogP contribution is -2.36. The number of rotatable bonds is 5. The number of hydrogen-bond acceptors (Lipinski definition) is 6. The monoisotopic (exact) mass is 468 g/mol. The molecule has 4 rings (SSSR count). The van der Waals surface area contributed by atoms with Gasteiger partial charge in [0.15, 0.2) is 5.69 Å². The Labute approximate surface area is 197 Å². The Balaban J connectivity index is 1.94. The van der Waals surface area contributed by atoms with E-state index in [-0.39, 0.29) is 5.91 Å². The van der Waals surface area contributed by atoms with Gasteiger partial charge in [0, 0.05) is 28.8 Å². The fourth-order valence-electron chi connectivity index (χ4n) is 3.85. The molecule has 1 aliphatic rings. The first kappa shape index (κ1) is 22.6. The quantitative estimate of drug-likeness (QED) is 0.330. The van der Waals surface area contributed by atoms with Crippen molar-refractivity contribution in [3.63, 3.8) is 0 Å². The summed E-state index contributed by atoms with van der Waals surface area (Å²) in [7, 11) is 0. The van der Waals surface area contributed by atoms with E-state index in [1.807, 2.05) is 44.2 Å². The SMILES string of the molecule is CCCCSc1nnc2c(n1)O[C@H](c1ccccc1Cl)N(C(C)=O)c1c(C)cc(C)cc1-2. The Hall–Kier alpha value is -2.64. The summed E-state index contributed by atoms with van der Waals surface area (Å²) in [5.74, 6) is 1.08. The van der Waals surface area contributed by atoms with Gasteiger partial charge in [-0.25, -0.2) is 0 Å². The third-order valence-corrected chi connectivity index (χ3v) is 6.54. The van der Waals surface area contributed by atoms with Gasteiger partial charge in [-0.2, -0.15) is 4.98 Å². The molecule has 3 aromatic rings. The van der Waals surface area contributed by atoms with Crippen LogP contribution in [0.1, 0.15) is 49.6 Å². The van der Waals surface area contributed by atoms with E-state index in [1.54, 1.807) is 22.7 Å². The van der Waals surface area contributed by atoms with Crippen molar-refractivity contribution >= 4 is 35.0 Å². The Bertz CT molecular complexity index is 1170. The summed E-state index contributed by atoms with van der Waals surface area (Å²) in [6.45, 7) is 7.66. The van der Waals surface area contributed by atoms with Gasteiger partial charge in [0.1, 0.15) is 0 Å². The predicted molar refractivity (Wildman–Crippen MR) is 128 cm³/mol. The van der Waals surface area contributed by atoms with Crippen LogP contribution >= 0.6 is 23.4 Å². The smallest absolute Gasteiger partial charge is 0.247 e. The van der Waals surface area contributed by atoms with Crippen molar-refractivity contribution < 1.29 is 9.53 Å². The van der Waals surface area contributed by atoms with Crippen molar-refractivity contribution in [2.24, 2.45) is 0 Å². The molecule has 0 spiro atoms. The summed E-state index contributed by atoms with van der Waals surface area (Å²) < 4.78 is 6.42. The van der Waals surface area contributed by atoms with Crippen molar-refractivity contribution in [1.29, 1.82) is 0 Å². The summed E-state index contributed by atoms with van der Waals surface area (Å²) in [6, 6.07) is 11.4. The molecule has 0 unspecified atom stereocenters. The molecule has 1 amide bonds. The number of aromatic nitrogens is 3. The molecule has 166 valence electrons. The van der Waals surface area contributed by atoms with E-state index in [9.17, 15) is 4.79 Å². The van der Waals surface area contributed by atoms with Gasteiger partial charge in [-0.3, -0.25) is 9.69 Å². The highest BCUT2D eigenvalue weighted by atomic mass is 35.5. The van der Waals surface area contributed by atoms with Gasteiger partial charge in [-0.05, 0) is 38.0 Å². The van der Waals surface area contributed by atoms with Crippen LogP contribution in [0, 0.1) is 13.8 Å². The highest BCUT2D eigenvalue weighted by molar-refractivity contribution is 7.99. The van der Waals surface area contributed by atoms with Crippen LogP contribution in [0.5, 0.6) is 5.88 Å². The van der Waals surface area contributed by atoms with E-state index in [0.717, 1.165) is 41.0 Å². The molecular weight excluding hydrogens is 444 g/mol. The first-order valence-corrected chi connectivity index (χ1v) is 12.0. The number of carbonyl (C=O) groups is 1. The lowest BCUT2D eigenvalue weighted by atomic mass is 10.00. The number of anilines is 1. The Kier molecular flexibility index (Phi) is 6.67. The zero-order valence-electron chi connectivity index (χ0n) is 18.6. The van der Waals surface area contributed by atoms with E-state index in [0.29, 0.717) is 27.3 Å². The highest BCUT2D eigenvalue weighted by Crippen LogP contribution is 2.46. The largest absolute Gasteiger partial charge is 0.447 e. The van der Waals surface area contributed by atoms with E-state index in [2.05, 4.69) is 22.1 Å². The first-order valence-electron chi connectivity index (χ1n) is 10.6. The third kappa shape index (κ3) is 4.32. The minimum absolute atomic E-state index is 0.165. The van der Waals surface area contributed by atoms with Gasteiger partial charge >= 0.3 is 0 Å². The maximum Gasteiger partial charge on any atom is 0.247 e. The summed E-state index contributed by atoms with van der Waals surface area (Å²) >= 11 is 8.09. The molecule has 0 bridgehead atoms. The van der Waals surface area contributed by atoms with Crippen molar-refractivity contribution in [1.82, 2.24) is 15.2 Å². The number of ether oxygens (including phenoxy) is 1. The average Bonchev–Trinajstić information content (AvgIpc) is 2.89. The molecule has 0 fully saturated rings. The number of amides is 1. The normalized spacial score (nSPS) is 14.9. The summed E-state index contributed by atoms with van der Waals surface area (Å²) in [4.78, 5) is 19.3. The maximum absolute atomic E-state index is 13.0. The molecule has 6 nitrogen and oxygen atoms in total. The molecule has 2 aromatic carbocycles. The molecule has 0 N–H and O–H groups in total. The van der Waals surface area contributed by atoms with Crippen molar-refractivity contribution in [3.05, 3.63) is 58.1 Å². The van der Waals surface area contributed by atoms with Crippen LogP contribution in [0.25, 0.3) is 11.3 Å². The summed E-state index contributed by atoms with van der Waals surface area (Å²) in [6.07, 6.45) is 1.37. The van der Waals surface area contributed by atoms with Gasteiger partial charge in [-0.1, -0.05) is 66.5 Å². The van der Waals surface area contributed by atoms with Crippen molar-refractivity contribution in [2.75, 3.05) is 10.7 Å². The van der Waals surface area contributed by atoms with Crippen LogP contribution in [-0.4, -0.2) is 26.8 Å². The van der Waals surface area contributed by atoms with E-state index in [1.165, 1.54) is 6.92 Å². The van der Waals surface area contributed by atoms with Crippen LogP contribution < -0.4 is 9.64 Å². The van der Waals surface area contributed by atoms with Gasteiger partial charge in [0.05, 0.1) is 5.69 Å². The van der Waals surface area contributed by atoms with Crippen molar-refractivity contribution in [3.8, 4) is 17.1 Å². The lowest BCUT2D eigenvalue weighted by molar-refractivity contribution is -0.118. The molecule has 0 radical (unpaired) electrons. The van der Waals surface area contributed by atoms with Crippen LogP contribution in [-0.2, 0) is 4.79 Å². The zero-order chi connectivity index (χ0) is 22.8. The average molecular weight is 469 g/mol. The minimum Gasteiger partial charge on any atom is -0.447 e. The maximum atomic E-state index is 13.0. The number of unbranched alkanes of at least 4 members (excludes halogenated alkanes) is 1. The van der Waals surface area contributed by atoms with Gasteiger partial charge < -0.3 is 4.74 Å². The number of carbonyl (C=O) groups excluding carboxylic acids is 1. The second-order valence-corrected chi connectivity index (χ2v) is 9.28. The van der Waals surface area contributed by atoms with Gasteiger partial charge in [0.25, 0.3) is 0 Å². The Morgan fingerprint density at radius 3 is 2.72 bits per heavy atom. The highest BCUT2D eigenvalue weighted by Gasteiger charge is 2.36. The minimum atomic E-state index is -0.784. The zero-order valence-corrected chi connectivity index (χ0v) is 20.1. The van der Waals surface area contributed by atoms with E-state index in [4.69, 9.17) is 16.3 Å². The number of fused-ring (bicyclic) bond motifs is 3. The Morgan fingerprint density at radius 2 is 2.00 bits per heavy atom. The number of halogens is 1. The molecule has 32 heavy (non-hydrogen) atoms. The topological polar surface area (TPSA) is 68.2 Å². The number of benzene rings is 2. The molecule has 1 aliphatic heterocycles. The molecule has 1 aromatic heterocycles. The summed E-state index contributed by atoms with van der Waals surface area (Å²) in [5, 5.41) is 9.90. The molecule has 1 atom stereocenters. The molecule has 2 heterocycles. The Morgan fingerprint density at radius 1 is 1.22 bits per heavy atom. The van der Waals surface area contributed by atoms with E-state index >= 15 is 0 Å². The fourth-order valence-corrected chi connectivity index (χ4v) is 4.95. The standard InChI is InChI=1S/C24H25ClN4O2S/c1-5-6-11-32-24-26-22-20(27-28-24)18-13-14(2)12-15(3)21(18)29(16(4)30)23(31-22)17-9-7-8-10-19(17)25/h7-10,12-13,23H,5-6,11H2,1-4H3/t23-/m1/s1. The third-order valence-electron chi connectivity index (χ3n) is 5.27. The number of hydrogen-bond donors (Lipinski definition) is 0. The second-order valence-electron chi connectivity index (χ2n) is 7.81. The lowest BCUT2D eigenvalue weighted by Gasteiger charge is -2.31. The van der Waals surface area contributed by atoms with Gasteiger partial charge in [0.2, 0.25) is 23.2 Å². The molecular formula is C24H25ClN4O2S. The molecule has 8 heteroatoms. The summed E-state index contributed by atoms with van der Waals surface area (Å²) in [5.41, 5.74) is 4.69. The molecule has 0 saturated carbocycles. The number of nitrogens with zero attached hydrogens (tertiary/aromatic N) is 4.